The molecule has 102 valence electrons. The van der Waals surface area contributed by atoms with E-state index in [4.69, 9.17) is 4.74 Å². The van der Waals surface area contributed by atoms with Crippen LogP contribution in [0.25, 0.3) is 0 Å². The Morgan fingerprint density at radius 3 is 2.44 bits per heavy atom. The molecule has 1 N–H and O–H groups in total. The van der Waals surface area contributed by atoms with Gasteiger partial charge in [0.1, 0.15) is 5.75 Å². The van der Waals surface area contributed by atoms with E-state index < -0.39 is 0 Å². The Morgan fingerprint density at radius 2 is 1.89 bits per heavy atom. The minimum atomic E-state index is 0.285. The molecular weight excluding hydrogens is 224 g/mol. The van der Waals surface area contributed by atoms with Crippen molar-refractivity contribution in [3.63, 3.8) is 0 Å². The van der Waals surface area contributed by atoms with E-state index in [-0.39, 0.29) is 6.10 Å². The van der Waals surface area contributed by atoms with Crippen LogP contribution in [0.1, 0.15) is 51.9 Å². The molecule has 0 aromatic carbocycles. The lowest BCUT2D eigenvalue weighted by atomic mass is 10.2. The van der Waals surface area contributed by atoms with E-state index >= 15 is 0 Å². The van der Waals surface area contributed by atoms with E-state index in [2.05, 4.69) is 38.0 Å². The molecule has 18 heavy (non-hydrogen) atoms. The molecule has 0 saturated carbocycles. The summed E-state index contributed by atoms with van der Waals surface area (Å²) < 4.78 is 6.03. The van der Waals surface area contributed by atoms with Gasteiger partial charge in [-0.2, -0.15) is 0 Å². The Bertz CT molecular complexity index is 360. The van der Waals surface area contributed by atoms with E-state index in [1.54, 1.807) is 0 Å². The predicted molar refractivity (Wildman–Crippen MR) is 75.9 cm³/mol. The minimum absolute atomic E-state index is 0.285. The molecular formula is C15H26N2O. The van der Waals surface area contributed by atoms with Gasteiger partial charge in [-0.3, -0.25) is 4.98 Å². The molecule has 0 radical (unpaired) electrons. The van der Waals surface area contributed by atoms with E-state index in [1.807, 2.05) is 19.1 Å². The highest BCUT2D eigenvalue weighted by atomic mass is 16.5. The molecule has 0 bridgehead atoms. The predicted octanol–water partition coefficient (Wildman–Crippen LogP) is 3.46. The van der Waals surface area contributed by atoms with E-state index in [9.17, 15) is 0 Å². The first-order valence-electron chi connectivity index (χ1n) is 6.93. The zero-order valence-corrected chi connectivity index (χ0v) is 12.3. The first-order valence-corrected chi connectivity index (χ1v) is 6.93. The van der Waals surface area contributed by atoms with Crippen LogP contribution in [0.3, 0.4) is 0 Å². The second kappa shape index (κ2) is 7.37. The summed E-state index contributed by atoms with van der Waals surface area (Å²) in [6.45, 7) is 11.4. The molecule has 0 aliphatic carbocycles. The molecule has 0 atom stereocenters. The van der Waals surface area contributed by atoms with Crippen molar-refractivity contribution in [1.82, 2.24) is 10.3 Å². The van der Waals surface area contributed by atoms with Crippen molar-refractivity contribution in [2.45, 2.75) is 66.2 Å². The smallest absolute Gasteiger partial charge is 0.142 e. The second-order valence-electron chi connectivity index (χ2n) is 4.99. The number of rotatable bonds is 7. The Hall–Kier alpha value is -1.09. The topological polar surface area (TPSA) is 34.1 Å². The lowest BCUT2D eigenvalue weighted by Crippen LogP contribution is -2.24. The van der Waals surface area contributed by atoms with E-state index in [0.717, 1.165) is 36.5 Å². The van der Waals surface area contributed by atoms with Gasteiger partial charge in [-0.1, -0.05) is 27.7 Å². The zero-order chi connectivity index (χ0) is 13.5. The van der Waals surface area contributed by atoms with Gasteiger partial charge in [0.2, 0.25) is 0 Å². The Labute approximate surface area is 111 Å². The summed E-state index contributed by atoms with van der Waals surface area (Å²) in [5, 5.41) is 3.40. The van der Waals surface area contributed by atoms with Gasteiger partial charge in [-0.05, 0) is 31.9 Å². The first kappa shape index (κ1) is 15.0. The molecule has 0 aliphatic heterocycles. The summed E-state index contributed by atoms with van der Waals surface area (Å²) >= 11 is 0. The summed E-state index contributed by atoms with van der Waals surface area (Å²) in [6, 6.07) is 4.50. The van der Waals surface area contributed by atoms with Crippen LogP contribution in [-0.4, -0.2) is 17.1 Å². The van der Waals surface area contributed by atoms with Gasteiger partial charge in [0.05, 0.1) is 11.8 Å². The maximum Gasteiger partial charge on any atom is 0.142 e. The standard InChI is InChI=1S/C15H26N2O/c1-6-13(7-2)18-15-9-8-12(5)17-14(15)10-16-11(3)4/h8-9,11,13,16H,6-7,10H2,1-5H3. The van der Waals surface area contributed by atoms with Crippen LogP contribution < -0.4 is 10.1 Å². The molecule has 3 nitrogen and oxygen atoms in total. The summed E-state index contributed by atoms with van der Waals surface area (Å²) in [4.78, 5) is 4.58. The van der Waals surface area contributed by atoms with Gasteiger partial charge < -0.3 is 10.1 Å². The average Bonchev–Trinajstić information content (AvgIpc) is 2.35. The molecule has 0 spiro atoms. The van der Waals surface area contributed by atoms with Gasteiger partial charge in [-0.15, -0.1) is 0 Å². The van der Waals surface area contributed by atoms with Crippen molar-refractivity contribution in [1.29, 1.82) is 0 Å². The molecule has 1 rings (SSSR count). The normalized spacial score (nSPS) is 11.3. The fourth-order valence-electron chi connectivity index (χ4n) is 1.77. The molecule has 1 heterocycles. The molecule has 3 heteroatoms. The highest BCUT2D eigenvalue weighted by molar-refractivity contribution is 5.29. The number of ether oxygens (including phenoxy) is 1. The first-order chi connectivity index (χ1) is 8.56. The van der Waals surface area contributed by atoms with Crippen LogP contribution in [-0.2, 0) is 6.54 Å². The van der Waals surface area contributed by atoms with Crippen molar-refractivity contribution in [3.8, 4) is 5.75 Å². The number of hydrogen-bond donors (Lipinski definition) is 1. The molecule has 1 aromatic rings. The van der Waals surface area contributed by atoms with Gasteiger partial charge >= 0.3 is 0 Å². The van der Waals surface area contributed by atoms with Crippen LogP contribution in [0.4, 0.5) is 0 Å². The van der Waals surface area contributed by atoms with Crippen LogP contribution in [0, 0.1) is 6.92 Å². The van der Waals surface area contributed by atoms with E-state index in [1.165, 1.54) is 0 Å². The summed E-state index contributed by atoms with van der Waals surface area (Å²) in [6.07, 6.45) is 2.34. The highest BCUT2D eigenvalue weighted by Gasteiger charge is 2.11. The fraction of sp³-hybridized carbons (Fsp3) is 0.667. The molecule has 1 aromatic heterocycles. The van der Waals surface area contributed by atoms with Crippen molar-refractivity contribution < 1.29 is 4.74 Å². The van der Waals surface area contributed by atoms with Crippen molar-refractivity contribution in [2.24, 2.45) is 0 Å². The largest absolute Gasteiger partial charge is 0.488 e. The third-order valence-corrected chi connectivity index (χ3v) is 2.95. The monoisotopic (exact) mass is 250 g/mol. The molecule has 0 amide bonds. The number of hydrogen-bond acceptors (Lipinski definition) is 3. The Morgan fingerprint density at radius 1 is 1.22 bits per heavy atom. The second-order valence-corrected chi connectivity index (χ2v) is 4.99. The zero-order valence-electron chi connectivity index (χ0n) is 12.3. The highest BCUT2D eigenvalue weighted by Crippen LogP contribution is 2.20. The maximum atomic E-state index is 6.03. The lowest BCUT2D eigenvalue weighted by molar-refractivity contribution is 0.189. The van der Waals surface area contributed by atoms with Crippen LogP contribution in [0.5, 0.6) is 5.75 Å². The summed E-state index contributed by atoms with van der Waals surface area (Å²) in [5.41, 5.74) is 2.04. The molecule has 0 aliphatic rings. The van der Waals surface area contributed by atoms with E-state index in [0.29, 0.717) is 6.04 Å². The van der Waals surface area contributed by atoms with Crippen molar-refractivity contribution >= 4 is 0 Å². The summed E-state index contributed by atoms with van der Waals surface area (Å²) in [5.74, 6) is 0.919. The summed E-state index contributed by atoms with van der Waals surface area (Å²) in [7, 11) is 0. The number of pyridine rings is 1. The van der Waals surface area contributed by atoms with Crippen molar-refractivity contribution in [2.75, 3.05) is 0 Å². The van der Waals surface area contributed by atoms with Gasteiger partial charge in [0.15, 0.2) is 0 Å². The number of aromatic nitrogens is 1. The van der Waals surface area contributed by atoms with Crippen LogP contribution >= 0.6 is 0 Å². The molecule has 0 unspecified atom stereocenters. The third kappa shape index (κ3) is 4.65. The Kier molecular flexibility index (Phi) is 6.13. The quantitative estimate of drug-likeness (QED) is 0.804. The van der Waals surface area contributed by atoms with Gasteiger partial charge in [-0.25, -0.2) is 0 Å². The number of aryl methyl sites for hydroxylation is 1. The minimum Gasteiger partial charge on any atom is -0.488 e. The molecule has 0 fully saturated rings. The number of nitrogens with zero attached hydrogens (tertiary/aromatic N) is 1. The SMILES string of the molecule is CCC(CC)Oc1ccc(C)nc1CNC(C)C. The average molecular weight is 250 g/mol. The Balaban J connectivity index is 2.81. The molecule has 0 saturated heterocycles. The third-order valence-electron chi connectivity index (χ3n) is 2.95. The van der Waals surface area contributed by atoms with Gasteiger partial charge in [0.25, 0.3) is 0 Å². The fourth-order valence-corrected chi connectivity index (χ4v) is 1.77. The van der Waals surface area contributed by atoms with Crippen molar-refractivity contribution in [3.05, 3.63) is 23.5 Å². The van der Waals surface area contributed by atoms with Gasteiger partial charge in [0, 0.05) is 18.3 Å². The maximum absolute atomic E-state index is 6.03. The van der Waals surface area contributed by atoms with Crippen LogP contribution in [0.15, 0.2) is 12.1 Å². The van der Waals surface area contributed by atoms with Crippen LogP contribution in [0.2, 0.25) is 0 Å². The lowest BCUT2D eigenvalue weighted by Gasteiger charge is -2.19. The number of nitrogens with one attached hydrogen (secondary N) is 1.